The maximum Gasteiger partial charge on any atom is 0.234 e. The molecule has 0 aliphatic rings. The number of rotatable bonds is 4. The first kappa shape index (κ1) is 16.7. The van der Waals surface area contributed by atoms with E-state index in [0.717, 1.165) is 17.3 Å². The van der Waals surface area contributed by atoms with E-state index in [4.69, 9.17) is 11.6 Å². The topological polar surface area (TPSA) is 83.6 Å². The van der Waals surface area contributed by atoms with Crippen LogP contribution in [0.1, 0.15) is 0 Å². The molecule has 2 heterocycles. The average Bonchev–Trinajstić information content (AvgIpc) is 2.99. The van der Waals surface area contributed by atoms with Crippen molar-refractivity contribution in [1.82, 2.24) is 20.2 Å². The van der Waals surface area contributed by atoms with E-state index in [-0.39, 0.29) is 17.5 Å². The Labute approximate surface area is 156 Å². The molecule has 0 aliphatic carbocycles. The molecular weight excluding hydrogens is 377 g/mol. The number of anilines is 1. The number of benzene rings is 2. The van der Waals surface area contributed by atoms with Crippen LogP contribution < -0.4 is 5.32 Å². The number of hydrogen-bond donors (Lipinski definition) is 2. The predicted molar refractivity (Wildman–Crippen MR) is 100.0 cm³/mol. The van der Waals surface area contributed by atoms with Gasteiger partial charge in [-0.05, 0) is 30.3 Å². The zero-order chi connectivity index (χ0) is 18.1. The van der Waals surface area contributed by atoms with Crippen LogP contribution in [0.25, 0.3) is 22.1 Å². The van der Waals surface area contributed by atoms with Crippen molar-refractivity contribution in [3.63, 3.8) is 0 Å². The van der Waals surface area contributed by atoms with Crippen LogP contribution in [0.4, 0.5) is 10.1 Å². The van der Waals surface area contributed by atoms with Gasteiger partial charge >= 0.3 is 0 Å². The van der Waals surface area contributed by atoms with Crippen molar-refractivity contribution in [2.24, 2.45) is 0 Å². The molecule has 0 radical (unpaired) electrons. The van der Waals surface area contributed by atoms with Gasteiger partial charge in [0.1, 0.15) is 11.3 Å². The largest absolute Gasteiger partial charge is 0.338 e. The highest BCUT2D eigenvalue weighted by molar-refractivity contribution is 7.99. The first-order valence-electron chi connectivity index (χ1n) is 7.59. The van der Waals surface area contributed by atoms with Crippen molar-refractivity contribution in [3.05, 3.63) is 53.3 Å². The molecule has 0 saturated carbocycles. The molecule has 0 aliphatic heterocycles. The molecule has 2 aromatic carbocycles. The number of halogens is 2. The smallest absolute Gasteiger partial charge is 0.234 e. The third kappa shape index (κ3) is 3.33. The van der Waals surface area contributed by atoms with Gasteiger partial charge in [-0.2, -0.15) is 0 Å². The number of amides is 1. The molecule has 0 saturated heterocycles. The Morgan fingerprint density at radius 2 is 2.08 bits per heavy atom. The number of thioether (sulfide) groups is 1. The van der Waals surface area contributed by atoms with E-state index in [1.807, 2.05) is 0 Å². The summed E-state index contributed by atoms with van der Waals surface area (Å²) in [5, 5.41) is 12.3. The van der Waals surface area contributed by atoms with E-state index in [1.54, 1.807) is 30.3 Å². The first-order valence-corrected chi connectivity index (χ1v) is 8.95. The Morgan fingerprint density at radius 3 is 2.92 bits per heavy atom. The number of hydrogen-bond acceptors (Lipinski definition) is 5. The molecule has 2 N–H and O–H groups in total. The summed E-state index contributed by atoms with van der Waals surface area (Å²) in [6.07, 6.45) is 0. The van der Waals surface area contributed by atoms with Crippen LogP contribution in [0.3, 0.4) is 0 Å². The Kier molecular flexibility index (Phi) is 4.44. The Morgan fingerprint density at radius 1 is 1.23 bits per heavy atom. The summed E-state index contributed by atoms with van der Waals surface area (Å²) in [7, 11) is 0. The van der Waals surface area contributed by atoms with Crippen LogP contribution in [-0.2, 0) is 4.79 Å². The van der Waals surface area contributed by atoms with Crippen molar-refractivity contribution < 1.29 is 9.18 Å². The number of nitrogens with zero attached hydrogens (tertiary/aromatic N) is 3. The van der Waals surface area contributed by atoms with E-state index in [9.17, 15) is 9.18 Å². The molecule has 6 nitrogen and oxygen atoms in total. The summed E-state index contributed by atoms with van der Waals surface area (Å²) in [6, 6.07) is 11.4. The molecule has 26 heavy (non-hydrogen) atoms. The lowest BCUT2D eigenvalue weighted by atomic mass is 10.2. The Balaban J connectivity index is 1.50. The van der Waals surface area contributed by atoms with Gasteiger partial charge in [0.15, 0.2) is 5.65 Å². The zero-order valence-corrected chi connectivity index (χ0v) is 14.7. The van der Waals surface area contributed by atoms with Crippen molar-refractivity contribution in [2.75, 3.05) is 11.1 Å². The fourth-order valence-electron chi connectivity index (χ4n) is 2.47. The molecule has 0 bridgehead atoms. The molecule has 0 spiro atoms. The second-order valence-corrected chi connectivity index (χ2v) is 6.77. The van der Waals surface area contributed by atoms with Gasteiger partial charge in [0.2, 0.25) is 11.1 Å². The molecule has 130 valence electrons. The third-order valence-electron chi connectivity index (χ3n) is 3.64. The maximum absolute atomic E-state index is 13.4. The highest BCUT2D eigenvalue weighted by Gasteiger charge is 2.12. The molecule has 4 aromatic rings. The van der Waals surface area contributed by atoms with Crippen LogP contribution in [0, 0.1) is 5.82 Å². The van der Waals surface area contributed by atoms with Crippen LogP contribution in [-0.4, -0.2) is 31.8 Å². The van der Waals surface area contributed by atoms with Crippen LogP contribution in [0.5, 0.6) is 0 Å². The number of carbonyl (C=O) groups is 1. The van der Waals surface area contributed by atoms with Gasteiger partial charge in [0.05, 0.1) is 16.5 Å². The fraction of sp³-hybridized carbons (Fsp3) is 0.0588. The molecular formula is C17H11ClFN5OS. The van der Waals surface area contributed by atoms with Crippen molar-refractivity contribution in [3.8, 4) is 0 Å². The molecule has 9 heteroatoms. The molecule has 0 unspecified atom stereocenters. The van der Waals surface area contributed by atoms with Crippen LogP contribution in [0.2, 0.25) is 5.02 Å². The fourth-order valence-corrected chi connectivity index (χ4v) is 3.24. The minimum atomic E-state index is -0.352. The van der Waals surface area contributed by atoms with Crippen LogP contribution >= 0.6 is 23.4 Å². The monoisotopic (exact) mass is 387 g/mol. The predicted octanol–water partition coefficient (Wildman–Crippen LogP) is 4.03. The van der Waals surface area contributed by atoms with Gasteiger partial charge in [-0.1, -0.05) is 35.5 Å². The van der Waals surface area contributed by atoms with E-state index in [1.165, 1.54) is 12.1 Å². The van der Waals surface area contributed by atoms with Gasteiger partial charge in [-0.3, -0.25) is 4.79 Å². The quantitative estimate of drug-likeness (QED) is 0.516. The second-order valence-electron chi connectivity index (χ2n) is 5.42. The number of para-hydroxylation sites is 1. The van der Waals surface area contributed by atoms with Crippen molar-refractivity contribution in [2.45, 2.75) is 5.16 Å². The van der Waals surface area contributed by atoms with E-state index >= 15 is 0 Å². The van der Waals surface area contributed by atoms with E-state index < -0.39 is 0 Å². The number of aromatic amines is 1. The number of carbonyl (C=O) groups excluding carboxylic acids is 1. The van der Waals surface area contributed by atoms with Crippen molar-refractivity contribution >= 4 is 57.0 Å². The maximum atomic E-state index is 13.4. The summed E-state index contributed by atoms with van der Waals surface area (Å²) >= 11 is 7.16. The zero-order valence-electron chi connectivity index (χ0n) is 13.2. The van der Waals surface area contributed by atoms with Crippen molar-refractivity contribution in [1.29, 1.82) is 0 Å². The molecule has 4 rings (SSSR count). The van der Waals surface area contributed by atoms with Gasteiger partial charge in [-0.25, -0.2) is 9.37 Å². The average molecular weight is 388 g/mol. The minimum absolute atomic E-state index is 0.104. The van der Waals surface area contributed by atoms with Gasteiger partial charge in [0, 0.05) is 10.9 Å². The number of nitrogens with one attached hydrogen (secondary N) is 2. The summed E-state index contributed by atoms with van der Waals surface area (Å²) in [4.78, 5) is 19.5. The number of H-pyrrole nitrogens is 1. The molecule has 0 fully saturated rings. The second kappa shape index (κ2) is 6.89. The molecule has 2 aromatic heterocycles. The molecule has 0 atom stereocenters. The van der Waals surface area contributed by atoms with Crippen LogP contribution in [0.15, 0.2) is 47.6 Å². The number of aromatic nitrogens is 4. The number of fused-ring (bicyclic) bond motifs is 3. The van der Waals surface area contributed by atoms with Gasteiger partial charge in [-0.15, -0.1) is 10.2 Å². The lowest BCUT2D eigenvalue weighted by Gasteiger charge is -2.06. The Bertz CT molecular complexity index is 1130. The standard InChI is InChI=1S/C17H11ClFN5OS/c18-11-3-1-2-4-13(11)20-14(25)8-26-17-22-16-15(23-24-17)10-7-9(19)5-6-12(10)21-16/h1-7H,8H2,(H,20,25)(H,21,22,24). The lowest BCUT2D eigenvalue weighted by Crippen LogP contribution is -2.14. The highest BCUT2D eigenvalue weighted by atomic mass is 35.5. The SMILES string of the molecule is O=C(CSc1nnc2c(n1)[nH]c1ccc(F)cc12)Nc1ccccc1Cl. The third-order valence-corrected chi connectivity index (χ3v) is 4.80. The lowest BCUT2D eigenvalue weighted by molar-refractivity contribution is -0.113. The molecule has 1 amide bonds. The summed E-state index contributed by atoms with van der Waals surface area (Å²) in [5.74, 6) is -0.479. The minimum Gasteiger partial charge on any atom is -0.338 e. The Hall–Kier alpha value is -2.71. The van der Waals surface area contributed by atoms with E-state index in [0.29, 0.717) is 32.4 Å². The first-order chi connectivity index (χ1) is 12.6. The highest BCUT2D eigenvalue weighted by Crippen LogP contribution is 2.25. The summed E-state index contributed by atoms with van der Waals surface area (Å²) in [5.41, 5.74) is 2.26. The van der Waals surface area contributed by atoms with Gasteiger partial charge in [0.25, 0.3) is 0 Å². The normalized spacial score (nSPS) is 11.2. The van der Waals surface area contributed by atoms with Gasteiger partial charge < -0.3 is 10.3 Å². The van der Waals surface area contributed by atoms with E-state index in [2.05, 4.69) is 25.5 Å². The summed E-state index contributed by atoms with van der Waals surface area (Å²) in [6.45, 7) is 0. The summed E-state index contributed by atoms with van der Waals surface area (Å²) < 4.78 is 13.4.